The van der Waals surface area contributed by atoms with E-state index in [1.165, 1.54) is 6.07 Å². The van der Waals surface area contributed by atoms with Gasteiger partial charge in [-0.25, -0.2) is 12.8 Å². The Morgan fingerprint density at radius 1 is 1.22 bits per heavy atom. The van der Waals surface area contributed by atoms with Crippen molar-refractivity contribution in [2.24, 2.45) is 5.92 Å². The number of phenols is 1. The van der Waals surface area contributed by atoms with Crippen molar-refractivity contribution >= 4 is 10.0 Å². The molecule has 0 spiro atoms. The molecule has 3 N–H and O–H groups in total. The SMILES string of the molecule is CC(C)COc1cc(C#N)c(F)cc1O.O=S(=O)(c1ccc(C(F)(F)F)cc1)N1CCC(O)(CO)C1. The van der Waals surface area contributed by atoms with Gasteiger partial charge >= 0.3 is 6.18 Å². The Hall–Kier alpha value is -2.92. The number of halogens is 4. The Balaban J connectivity index is 0.000000269. The van der Waals surface area contributed by atoms with Gasteiger partial charge in [-0.05, 0) is 36.6 Å². The highest BCUT2D eigenvalue weighted by molar-refractivity contribution is 7.89. The summed E-state index contributed by atoms with van der Waals surface area (Å²) in [6.07, 6.45) is -4.46. The highest BCUT2D eigenvalue weighted by Crippen LogP contribution is 2.32. The molecule has 0 aliphatic carbocycles. The van der Waals surface area contributed by atoms with Crippen LogP contribution in [0, 0.1) is 23.1 Å². The molecule has 1 heterocycles. The second-order valence-electron chi connectivity index (χ2n) is 8.61. The summed E-state index contributed by atoms with van der Waals surface area (Å²) < 4.78 is 81.0. The minimum atomic E-state index is -4.53. The molecule has 0 saturated carbocycles. The van der Waals surface area contributed by atoms with Crippen LogP contribution in [0.15, 0.2) is 41.3 Å². The van der Waals surface area contributed by atoms with E-state index in [0.717, 1.165) is 22.5 Å². The van der Waals surface area contributed by atoms with Crippen molar-refractivity contribution < 1.29 is 46.0 Å². The molecule has 13 heteroatoms. The van der Waals surface area contributed by atoms with E-state index in [0.29, 0.717) is 24.7 Å². The number of hydrogen-bond donors (Lipinski definition) is 3. The first-order chi connectivity index (χ1) is 16.6. The maximum atomic E-state index is 13.0. The highest BCUT2D eigenvalue weighted by atomic mass is 32.2. The van der Waals surface area contributed by atoms with E-state index >= 15 is 0 Å². The maximum Gasteiger partial charge on any atom is 0.416 e. The molecule has 1 saturated heterocycles. The molecule has 0 radical (unpaired) electrons. The van der Waals surface area contributed by atoms with Crippen molar-refractivity contribution in [1.82, 2.24) is 4.31 Å². The Labute approximate surface area is 206 Å². The summed E-state index contributed by atoms with van der Waals surface area (Å²) in [6, 6.07) is 6.93. The standard InChI is InChI=1S/C12H14F3NO4S.C11H12FNO2/c13-12(14,15)9-1-3-10(4-2-9)21(19,20)16-6-5-11(18,7-16)8-17;1-7(2)6-15-11-3-8(5-13)9(12)4-10(11)14/h1-4,17-18H,5-8H2;3-4,7,14H,6H2,1-2H3. The lowest BCUT2D eigenvalue weighted by atomic mass is 10.1. The average molecular weight is 535 g/mol. The summed E-state index contributed by atoms with van der Waals surface area (Å²) in [7, 11) is -3.99. The molecule has 0 amide bonds. The first kappa shape index (κ1) is 29.3. The van der Waals surface area contributed by atoms with Gasteiger partial charge in [0.25, 0.3) is 0 Å². The van der Waals surface area contributed by atoms with Crippen molar-refractivity contribution in [3.05, 3.63) is 53.3 Å². The van der Waals surface area contributed by atoms with Crippen LogP contribution in [-0.2, 0) is 16.2 Å². The van der Waals surface area contributed by atoms with Crippen molar-refractivity contribution in [3.8, 4) is 17.6 Å². The lowest BCUT2D eigenvalue weighted by Gasteiger charge is -2.21. The summed E-state index contributed by atoms with van der Waals surface area (Å²) >= 11 is 0. The van der Waals surface area contributed by atoms with Crippen LogP contribution in [-0.4, -0.2) is 59.9 Å². The lowest BCUT2D eigenvalue weighted by molar-refractivity contribution is -0.137. The number of rotatable bonds is 6. The van der Waals surface area contributed by atoms with Gasteiger partial charge in [-0.15, -0.1) is 0 Å². The number of aliphatic hydroxyl groups excluding tert-OH is 1. The molecule has 1 aliphatic heterocycles. The molecule has 1 aliphatic rings. The van der Waals surface area contributed by atoms with E-state index in [2.05, 4.69) is 0 Å². The quantitative estimate of drug-likeness (QED) is 0.485. The van der Waals surface area contributed by atoms with E-state index in [1.54, 1.807) is 6.07 Å². The molecule has 36 heavy (non-hydrogen) atoms. The van der Waals surface area contributed by atoms with Gasteiger partial charge in [0.1, 0.15) is 17.5 Å². The van der Waals surface area contributed by atoms with E-state index in [4.69, 9.17) is 15.1 Å². The zero-order chi connectivity index (χ0) is 27.3. The molecule has 2 aromatic carbocycles. The number of aromatic hydroxyl groups is 1. The number of benzene rings is 2. The van der Waals surface area contributed by atoms with Gasteiger partial charge in [-0.1, -0.05) is 13.8 Å². The van der Waals surface area contributed by atoms with Crippen molar-refractivity contribution in [2.75, 3.05) is 26.3 Å². The molecular weight excluding hydrogens is 508 g/mol. The second-order valence-corrected chi connectivity index (χ2v) is 10.5. The molecule has 0 bridgehead atoms. The lowest BCUT2D eigenvalue weighted by Crippen LogP contribution is -2.38. The Kier molecular flexibility index (Phi) is 9.30. The van der Waals surface area contributed by atoms with Crippen LogP contribution in [0.4, 0.5) is 17.6 Å². The van der Waals surface area contributed by atoms with Gasteiger partial charge in [0, 0.05) is 25.2 Å². The number of sulfonamides is 1. The van der Waals surface area contributed by atoms with E-state index in [-0.39, 0.29) is 41.5 Å². The topological polar surface area (TPSA) is 131 Å². The number of nitrogens with zero attached hydrogens (tertiary/aromatic N) is 2. The molecular formula is C23H26F4N2O6S. The molecule has 2 aromatic rings. The zero-order valence-electron chi connectivity index (χ0n) is 19.5. The van der Waals surface area contributed by atoms with Gasteiger partial charge in [0.2, 0.25) is 10.0 Å². The average Bonchev–Trinajstić information content (AvgIpc) is 3.22. The van der Waals surface area contributed by atoms with Gasteiger partial charge in [-0.3, -0.25) is 0 Å². The number of ether oxygens (including phenoxy) is 1. The minimum absolute atomic E-state index is 0.000412. The van der Waals surface area contributed by atoms with Gasteiger partial charge < -0.3 is 20.1 Å². The number of hydrogen-bond acceptors (Lipinski definition) is 7. The summed E-state index contributed by atoms with van der Waals surface area (Å²) in [5.41, 5.74) is -2.57. The minimum Gasteiger partial charge on any atom is -0.504 e. The van der Waals surface area contributed by atoms with Crippen LogP contribution in [0.3, 0.4) is 0 Å². The third-order valence-corrected chi connectivity index (χ3v) is 7.01. The third-order valence-electron chi connectivity index (χ3n) is 5.15. The monoisotopic (exact) mass is 534 g/mol. The zero-order valence-corrected chi connectivity index (χ0v) is 20.3. The van der Waals surface area contributed by atoms with Crippen LogP contribution < -0.4 is 4.74 Å². The summed E-state index contributed by atoms with van der Waals surface area (Å²) in [5.74, 6) is -0.597. The van der Waals surface area contributed by atoms with Crippen molar-refractivity contribution in [2.45, 2.75) is 36.9 Å². The number of alkyl halides is 3. The van der Waals surface area contributed by atoms with Crippen LogP contribution in [0.1, 0.15) is 31.4 Å². The van der Waals surface area contributed by atoms with Gasteiger partial charge in [0.15, 0.2) is 11.5 Å². The van der Waals surface area contributed by atoms with Gasteiger partial charge in [-0.2, -0.15) is 22.7 Å². The smallest absolute Gasteiger partial charge is 0.416 e. The summed E-state index contributed by atoms with van der Waals surface area (Å²) in [6.45, 7) is 3.45. The number of nitriles is 1. The second kappa shape index (κ2) is 11.4. The fourth-order valence-corrected chi connectivity index (χ4v) is 4.64. The van der Waals surface area contributed by atoms with Gasteiger partial charge in [0.05, 0.1) is 29.2 Å². The molecule has 1 fully saturated rings. The fourth-order valence-electron chi connectivity index (χ4n) is 3.12. The Bertz CT molecular complexity index is 1200. The number of phenolic OH excluding ortho intramolecular Hbond substituents is 1. The predicted molar refractivity (Wildman–Crippen MR) is 120 cm³/mol. The first-order valence-electron chi connectivity index (χ1n) is 10.7. The van der Waals surface area contributed by atoms with E-state index < -0.39 is 39.8 Å². The highest BCUT2D eigenvalue weighted by Gasteiger charge is 2.41. The van der Waals surface area contributed by atoms with Crippen molar-refractivity contribution in [3.63, 3.8) is 0 Å². The predicted octanol–water partition coefficient (Wildman–Crippen LogP) is 3.26. The Morgan fingerprint density at radius 2 is 1.83 bits per heavy atom. The normalized spacial score (nSPS) is 18.4. The third kappa shape index (κ3) is 7.30. The van der Waals surface area contributed by atoms with Crippen LogP contribution >= 0.6 is 0 Å². The van der Waals surface area contributed by atoms with E-state index in [1.807, 2.05) is 13.8 Å². The molecule has 8 nitrogen and oxygen atoms in total. The van der Waals surface area contributed by atoms with Crippen LogP contribution in [0.5, 0.6) is 11.5 Å². The first-order valence-corrected chi connectivity index (χ1v) is 12.1. The maximum absolute atomic E-state index is 13.0. The molecule has 3 rings (SSSR count). The summed E-state index contributed by atoms with van der Waals surface area (Å²) in [4.78, 5) is -0.280. The van der Waals surface area contributed by atoms with Crippen LogP contribution in [0.25, 0.3) is 0 Å². The fraction of sp³-hybridized carbons (Fsp3) is 0.435. The molecule has 1 unspecified atom stereocenters. The molecule has 198 valence electrons. The number of aliphatic hydroxyl groups is 2. The van der Waals surface area contributed by atoms with Crippen LogP contribution in [0.2, 0.25) is 0 Å². The summed E-state index contributed by atoms with van der Waals surface area (Å²) in [5, 5.41) is 36.8. The molecule has 1 atom stereocenters. The largest absolute Gasteiger partial charge is 0.504 e. The van der Waals surface area contributed by atoms with Crippen molar-refractivity contribution in [1.29, 1.82) is 5.26 Å². The Morgan fingerprint density at radius 3 is 2.31 bits per heavy atom. The number of β-amino-alcohol motifs (C(OH)–C–C–N with tert-alkyl or cyclic N) is 1. The molecule has 0 aromatic heterocycles. The van der Waals surface area contributed by atoms with E-state index in [9.17, 15) is 36.2 Å².